The minimum Gasteiger partial charge on any atom is -0.355 e. The standard InChI is InChI=1S/C16H15ClN4O2S/c1-2-3-7-14-19-20-16(24-14)18-15(22)12-9-13(23-21-12)10-5-4-6-11(17)8-10/h4-6,8-9H,2-3,7H2,1H3,(H,18,20,22). The highest BCUT2D eigenvalue weighted by Crippen LogP contribution is 2.24. The number of hydrogen-bond acceptors (Lipinski definition) is 6. The maximum Gasteiger partial charge on any atom is 0.279 e. The minimum atomic E-state index is -0.384. The van der Waals surface area contributed by atoms with Gasteiger partial charge in [0, 0.05) is 23.1 Å². The molecule has 1 amide bonds. The summed E-state index contributed by atoms with van der Waals surface area (Å²) in [6, 6.07) is 8.72. The van der Waals surface area contributed by atoms with Crippen LogP contribution < -0.4 is 5.32 Å². The smallest absolute Gasteiger partial charge is 0.279 e. The second kappa shape index (κ2) is 7.55. The van der Waals surface area contributed by atoms with Crippen molar-refractivity contribution in [2.24, 2.45) is 0 Å². The third-order valence-electron chi connectivity index (χ3n) is 3.28. The summed E-state index contributed by atoms with van der Waals surface area (Å²) in [5.74, 6) is 0.0915. The van der Waals surface area contributed by atoms with Crippen LogP contribution >= 0.6 is 22.9 Å². The molecule has 6 nitrogen and oxygen atoms in total. The molecule has 0 radical (unpaired) electrons. The molecule has 2 aromatic heterocycles. The molecule has 0 saturated heterocycles. The molecule has 0 fully saturated rings. The van der Waals surface area contributed by atoms with Gasteiger partial charge in [0.05, 0.1) is 0 Å². The van der Waals surface area contributed by atoms with Crippen LogP contribution in [0.3, 0.4) is 0 Å². The van der Waals surface area contributed by atoms with E-state index in [0.717, 1.165) is 29.8 Å². The van der Waals surface area contributed by atoms with Crippen molar-refractivity contribution < 1.29 is 9.32 Å². The lowest BCUT2D eigenvalue weighted by atomic mass is 10.1. The number of rotatable bonds is 6. The molecule has 0 unspecified atom stereocenters. The van der Waals surface area contributed by atoms with Crippen LogP contribution in [-0.4, -0.2) is 21.3 Å². The number of carbonyl (C=O) groups is 1. The van der Waals surface area contributed by atoms with E-state index >= 15 is 0 Å². The van der Waals surface area contributed by atoms with Crippen molar-refractivity contribution in [3.63, 3.8) is 0 Å². The SMILES string of the molecule is CCCCc1nnc(NC(=O)c2cc(-c3cccc(Cl)c3)on2)s1. The van der Waals surface area contributed by atoms with Crippen LogP contribution in [0.15, 0.2) is 34.9 Å². The molecular formula is C16H15ClN4O2S. The van der Waals surface area contributed by atoms with Gasteiger partial charge in [0.1, 0.15) is 5.01 Å². The highest BCUT2D eigenvalue weighted by molar-refractivity contribution is 7.15. The number of unbranched alkanes of at least 4 members (excludes halogenated alkanes) is 1. The topological polar surface area (TPSA) is 80.9 Å². The molecule has 8 heteroatoms. The molecule has 2 heterocycles. The number of amides is 1. The number of aryl methyl sites for hydroxylation is 1. The summed E-state index contributed by atoms with van der Waals surface area (Å²) >= 11 is 7.33. The molecular weight excluding hydrogens is 348 g/mol. The van der Waals surface area contributed by atoms with Crippen LogP contribution in [-0.2, 0) is 6.42 Å². The Bertz CT molecular complexity index is 846. The van der Waals surface area contributed by atoms with Gasteiger partial charge in [0.15, 0.2) is 11.5 Å². The lowest BCUT2D eigenvalue weighted by Crippen LogP contribution is -2.11. The Morgan fingerprint density at radius 2 is 2.21 bits per heavy atom. The fraction of sp³-hybridized carbons (Fsp3) is 0.250. The zero-order valence-corrected chi connectivity index (χ0v) is 14.5. The van der Waals surface area contributed by atoms with Gasteiger partial charge in [-0.15, -0.1) is 10.2 Å². The van der Waals surface area contributed by atoms with E-state index in [2.05, 4.69) is 27.6 Å². The predicted molar refractivity (Wildman–Crippen MR) is 93.4 cm³/mol. The Balaban J connectivity index is 1.68. The van der Waals surface area contributed by atoms with Crippen molar-refractivity contribution in [1.82, 2.24) is 15.4 Å². The van der Waals surface area contributed by atoms with Crippen molar-refractivity contribution in [2.45, 2.75) is 26.2 Å². The lowest BCUT2D eigenvalue weighted by Gasteiger charge is -1.95. The second-order valence-corrected chi connectivity index (χ2v) is 6.64. The maximum absolute atomic E-state index is 12.2. The third-order valence-corrected chi connectivity index (χ3v) is 4.42. The van der Waals surface area contributed by atoms with Gasteiger partial charge < -0.3 is 4.52 Å². The molecule has 1 aromatic carbocycles. The van der Waals surface area contributed by atoms with Gasteiger partial charge >= 0.3 is 0 Å². The Hall–Kier alpha value is -2.25. The zero-order valence-electron chi connectivity index (χ0n) is 13.0. The fourth-order valence-corrected chi connectivity index (χ4v) is 3.02. The van der Waals surface area contributed by atoms with E-state index in [9.17, 15) is 4.79 Å². The number of anilines is 1. The van der Waals surface area contributed by atoms with Gasteiger partial charge in [-0.25, -0.2) is 0 Å². The van der Waals surface area contributed by atoms with Crippen LogP contribution in [0.2, 0.25) is 5.02 Å². The number of hydrogen-bond donors (Lipinski definition) is 1. The molecule has 1 N–H and O–H groups in total. The van der Waals surface area contributed by atoms with Crippen molar-refractivity contribution in [1.29, 1.82) is 0 Å². The summed E-state index contributed by atoms with van der Waals surface area (Å²) in [6.07, 6.45) is 3.01. The number of aromatic nitrogens is 3. The highest BCUT2D eigenvalue weighted by atomic mass is 35.5. The average Bonchev–Trinajstić information content (AvgIpc) is 3.22. The van der Waals surface area contributed by atoms with Crippen LogP contribution in [0.1, 0.15) is 35.3 Å². The van der Waals surface area contributed by atoms with E-state index in [0.29, 0.717) is 15.9 Å². The number of nitrogens with zero attached hydrogens (tertiary/aromatic N) is 3. The summed E-state index contributed by atoms with van der Waals surface area (Å²) in [4.78, 5) is 12.2. The molecule has 0 atom stereocenters. The van der Waals surface area contributed by atoms with E-state index < -0.39 is 0 Å². The monoisotopic (exact) mass is 362 g/mol. The zero-order chi connectivity index (χ0) is 16.9. The van der Waals surface area contributed by atoms with E-state index in [-0.39, 0.29) is 11.6 Å². The van der Waals surface area contributed by atoms with Gasteiger partial charge in [0.25, 0.3) is 5.91 Å². The van der Waals surface area contributed by atoms with Crippen molar-refractivity contribution in [3.8, 4) is 11.3 Å². The first-order valence-corrected chi connectivity index (χ1v) is 8.71. The van der Waals surface area contributed by atoms with Crippen molar-refractivity contribution >= 4 is 34.0 Å². The van der Waals surface area contributed by atoms with Crippen LogP contribution in [0.5, 0.6) is 0 Å². The van der Waals surface area contributed by atoms with Gasteiger partial charge in [-0.2, -0.15) is 0 Å². The predicted octanol–water partition coefficient (Wildman–Crippen LogP) is 4.44. The fourth-order valence-electron chi connectivity index (χ4n) is 2.05. The van der Waals surface area contributed by atoms with Crippen molar-refractivity contribution in [2.75, 3.05) is 5.32 Å². The van der Waals surface area contributed by atoms with Crippen molar-refractivity contribution in [3.05, 3.63) is 46.1 Å². The average molecular weight is 363 g/mol. The molecule has 0 spiro atoms. The van der Waals surface area contributed by atoms with Crippen LogP contribution in [0, 0.1) is 0 Å². The summed E-state index contributed by atoms with van der Waals surface area (Å²) in [7, 11) is 0. The van der Waals surface area contributed by atoms with Gasteiger partial charge in [0.2, 0.25) is 5.13 Å². The lowest BCUT2D eigenvalue weighted by molar-refractivity contribution is 0.101. The largest absolute Gasteiger partial charge is 0.355 e. The summed E-state index contributed by atoms with van der Waals surface area (Å²) in [5, 5.41) is 16.5. The number of carbonyl (C=O) groups excluding carboxylic acids is 1. The second-order valence-electron chi connectivity index (χ2n) is 5.15. The Morgan fingerprint density at radius 1 is 1.33 bits per heavy atom. The number of nitrogens with one attached hydrogen (secondary N) is 1. The first-order chi connectivity index (χ1) is 11.7. The molecule has 0 aliphatic rings. The van der Waals surface area contributed by atoms with E-state index in [1.807, 2.05) is 6.07 Å². The molecule has 24 heavy (non-hydrogen) atoms. The summed E-state index contributed by atoms with van der Waals surface area (Å²) in [6.45, 7) is 2.12. The van der Waals surface area contributed by atoms with Crippen LogP contribution in [0.25, 0.3) is 11.3 Å². The molecule has 0 saturated carbocycles. The minimum absolute atomic E-state index is 0.176. The Kier molecular flexibility index (Phi) is 5.22. The van der Waals surface area contributed by atoms with Gasteiger partial charge in [-0.1, -0.05) is 53.6 Å². The summed E-state index contributed by atoms with van der Waals surface area (Å²) < 4.78 is 5.22. The quantitative estimate of drug-likeness (QED) is 0.701. The van der Waals surface area contributed by atoms with Crippen LogP contribution in [0.4, 0.5) is 5.13 Å². The van der Waals surface area contributed by atoms with Gasteiger partial charge in [-0.3, -0.25) is 10.1 Å². The highest BCUT2D eigenvalue weighted by Gasteiger charge is 2.16. The molecule has 3 aromatic rings. The molecule has 0 bridgehead atoms. The van der Waals surface area contributed by atoms with E-state index in [1.54, 1.807) is 24.3 Å². The van der Waals surface area contributed by atoms with Gasteiger partial charge in [-0.05, 0) is 18.6 Å². The molecule has 0 aliphatic heterocycles. The third kappa shape index (κ3) is 3.98. The molecule has 124 valence electrons. The maximum atomic E-state index is 12.2. The number of benzene rings is 1. The summed E-state index contributed by atoms with van der Waals surface area (Å²) in [5.41, 5.74) is 0.933. The number of halogens is 1. The first-order valence-electron chi connectivity index (χ1n) is 7.52. The van der Waals surface area contributed by atoms with E-state index in [4.69, 9.17) is 16.1 Å². The van der Waals surface area contributed by atoms with E-state index in [1.165, 1.54) is 11.3 Å². The normalized spacial score (nSPS) is 10.8. The Labute approximate surface area is 147 Å². The Morgan fingerprint density at radius 3 is 3.00 bits per heavy atom. The molecule has 3 rings (SSSR count). The first kappa shape index (κ1) is 16.6. The molecule has 0 aliphatic carbocycles.